The van der Waals surface area contributed by atoms with E-state index >= 15 is 0 Å². The van der Waals surface area contributed by atoms with E-state index in [1.54, 1.807) is 11.3 Å². The van der Waals surface area contributed by atoms with Crippen molar-refractivity contribution in [2.45, 2.75) is 45.4 Å². The fourth-order valence-electron chi connectivity index (χ4n) is 2.61. The number of rotatable bonds is 5. The summed E-state index contributed by atoms with van der Waals surface area (Å²) in [5.74, 6) is 0.780. The Bertz CT molecular complexity index is 633. The van der Waals surface area contributed by atoms with Crippen LogP contribution in [-0.2, 0) is 19.3 Å². The molecule has 0 fully saturated rings. The van der Waals surface area contributed by atoms with E-state index in [9.17, 15) is 4.79 Å². The van der Waals surface area contributed by atoms with Gasteiger partial charge in [0, 0.05) is 36.0 Å². The number of thiazole rings is 1. The highest BCUT2D eigenvalue weighted by Crippen LogP contribution is 2.24. The average molecular weight is 305 g/mol. The molecule has 6 heteroatoms. The van der Waals surface area contributed by atoms with Gasteiger partial charge in [-0.25, -0.2) is 4.98 Å². The zero-order valence-corrected chi connectivity index (χ0v) is 13.0. The predicted molar refractivity (Wildman–Crippen MR) is 80.7 cm³/mol. The van der Waals surface area contributed by atoms with Gasteiger partial charge in [-0.15, -0.1) is 11.3 Å². The summed E-state index contributed by atoms with van der Waals surface area (Å²) in [6.07, 6.45) is 5.82. The van der Waals surface area contributed by atoms with Crippen molar-refractivity contribution in [3.05, 3.63) is 33.1 Å². The minimum absolute atomic E-state index is 0.114. The molecule has 0 radical (unpaired) electrons. The Balaban J connectivity index is 1.49. The Morgan fingerprint density at radius 3 is 3.10 bits per heavy atom. The van der Waals surface area contributed by atoms with Crippen molar-refractivity contribution in [3.63, 3.8) is 0 Å². The molecule has 0 saturated heterocycles. The second-order valence-corrected chi connectivity index (χ2v) is 6.32. The molecule has 1 aliphatic carbocycles. The molecule has 21 heavy (non-hydrogen) atoms. The lowest BCUT2D eigenvalue weighted by Crippen LogP contribution is -2.26. The molecule has 1 aliphatic rings. The quantitative estimate of drug-likeness (QED) is 0.862. The normalized spacial score (nSPS) is 14.0. The van der Waals surface area contributed by atoms with E-state index in [0.29, 0.717) is 12.2 Å². The van der Waals surface area contributed by atoms with Gasteiger partial charge < -0.3 is 9.84 Å². The van der Waals surface area contributed by atoms with Crippen molar-refractivity contribution in [2.75, 3.05) is 6.54 Å². The van der Waals surface area contributed by atoms with Gasteiger partial charge in [0.25, 0.3) is 5.91 Å². The maximum absolute atomic E-state index is 12.1. The first-order valence-corrected chi connectivity index (χ1v) is 8.28. The van der Waals surface area contributed by atoms with E-state index in [0.717, 1.165) is 60.6 Å². The summed E-state index contributed by atoms with van der Waals surface area (Å²) < 4.78 is 5.27. The van der Waals surface area contributed by atoms with Crippen LogP contribution in [0.15, 0.2) is 9.90 Å². The number of nitrogens with zero attached hydrogens (tertiary/aromatic N) is 2. The lowest BCUT2D eigenvalue weighted by Gasteiger charge is -2.09. The molecular formula is C15H19N3O2S. The summed E-state index contributed by atoms with van der Waals surface area (Å²) in [5, 5.41) is 10.0. The fourth-order valence-corrected chi connectivity index (χ4v) is 3.42. The van der Waals surface area contributed by atoms with Crippen LogP contribution in [0.4, 0.5) is 0 Å². The molecule has 112 valence electrons. The summed E-state index contributed by atoms with van der Waals surface area (Å²) in [5.41, 5.74) is 2.55. The van der Waals surface area contributed by atoms with Crippen molar-refractivity contribution in [1.29, 1.82) is 0 Å². The van der Waals surface area contributed by atoms with Crippen LogP contribution in [0.25, 0.3) is 0 Å². The van der Waals surface area contributed by atoms with E-state index in [2.05, 4.69) is 20.8 Å². The topological polar surface area (TPSA) is 68.0 Å². The summed E-state index contributed by atoms with van der Waals surface area (Å²) in [7, 11) is 0. The van der Waals surface area contributed by atoms with E-state index in [1.165, 1.54) is 0 Å². The van der Waals surface area contributed by atoms with Gasteiger partial charge in [0.2, 0.25) is 0 Å². The second kappa shape index (κ2) is 6.39. The maximum atomic E-state index is 12.1. The molecule has 0 bridgehead atoms. The van der Waals surface area contributed by atoms with Gasteiger partial charge >= 0.3 is 0 Å². The Morgan fingerprint density at radius 2 is 2.29 bits per heavy atom. The zero-order valence-electron chi connectivity index (χ0n) is 12.1. The highest BCUT2D eigenvalue weighted by atomic mass is 32.1. The first kappa shape index (κ1) is 14.3. The van der Waals surface area contributed by atoms with Gasteiger partial charge in [-0.1, -0.05) is 5.16 Å². The van der Waals surface area contributed by atoms with Gasteiger partial charge in [0.1, 0.15) is 5.76 Å². The van der Waals surface area contributed by atoms with E-state index < -0.39 is 0 Å². The number of carbonyl (C=O) groups is 1. The van der Waals surface area contributed by atoms with Crippen LogP contribution in [0, 0.1) is 6.92 Å². The molecule has 5 nitrogen and oxygen atoms in total. The van der Waals surface area contributed by atoms with Crippen LogP contribution >= 0.6 is 11.3 Å². The third-order valence-corrected chi connectivity index (χ3v) is 4.71. The number of aryl methyl sites for hydroxylation is 3. The van der Waals surface area contributed by atoms with Crippen molar-refractivity contribution >= 4 is 17.2 Å². The Kier molecular flexibility index (Phi) is 4.34. The number of amides is 1. The molecular weight excluding hydrogens is 286 g/mol. The summed E-state index contributed by atoms with van der Waals surface area (Å²) in [6, 6.07) is 0. The van der Waals surface area contributed by atoms with Gasteiger partial charge in [-0.3, -0.25) is 4.79 Å². The Morgan fingerprint density at radius 1 is 1.43 bits per heavy atom. The third kappa shape index (κ3) is 3.32. The molecule has 0 atom stereocenters. The van der Waals surface area contributed by atoms with Crippen LogP contribution in [0.2, 0.25) is 0 Å². The maximum Gasteiger partial charge on any atom is 0.273 e. The molecule has 0 spiro atoms. The van der Waals surface area contributed by atoms with Crippen molar-refractivity contribution in [1.82, 2.24) is 15.5 Å². The number of hydrogen-bond acceptors (Lipinski definition) is 5. The second-order valence-electron chi connectivity index (χ2n) is 5.38. The molecule has 2 aromatic rings. The summed E-state index contributed by atoms with van der Waals surface area (Å²) in [6.45, 7) is 2.63. The van der Waals surface area contributed by atoms with Gasteiger partial charge in [0.15, 0.2) is 5.69 Å². The van der Waals surface area contributed by atoms with E-state index in [-0.39, 0.29) is 5.91 Å². The number of nitrogens with one attached hydrogen (secondary N) is 1. The van der Waals surface area contributed by atoms with Crippen LogP contribution in [0.5, 0.6) is 0 Å². The first-order chi connectivity index (χ1) is 10.2. The standard InChI is InChI=1S/C15H19N3O2S/c1-10-9-21-13(17-10)7-4-8-16-15(19)14-11-5-2-3-6-12(11)20-18-14/h9H,2-8H2,1H3,(H,16,19). The Labute approximate surface area is 127 Å². The minimum Gasteiger partial charge on any atom is -0.360 e. The molecule has 0 aromatic carbocycles. The smallest absolute Gasteiger partial charge is 0.273 e. The highest BCUT2D eigenvalue weighted by Gasteiger charge is 2.23. The molecule has 2 heterocycles. The number of aromatic nitrogens is 2. The van der Waals surface area contributed by atoms with E-state index in [4.69, 9.17) is 4.52 Å². The lowest BCUT2D eigenvalue weighted by molar-refractivity contribution is 0.0943. The van der Waals surface area contributed by atoms with Crippen LogP contribution in [-0.4, -0.2) is 22.6 Å². The molecule has 0 aliphatic heterocycles. The SMILES string of the molecule is Cc1csc(CCCNC(=O)c2noc3c2CCCC3)n1. The number of carbonyl (C=O) groups excluding carboxylic acids is 1. The zero-order chi connectivity index (χ0) is 14.7. The average Bonchev–Trinajstić information content (AvgIpc) is 3.09. The largest absolute Gasteiger partial charge is 0.360 e. The van der Waals surface area contributed by atoms with Crippen molar-refractivity contribution in [3.8, 4) is 0 Å². The lowest BCUT2D eigenvalue weighted by atomic mass is 9.96. The molecule has 2 aromatic heterocycles. The monoisotopic (exact) mass is 305 g/mol. The highest BCUT2D eigenvalue weighted by molar-refractivity contribution is 7.09. The van der Waals surface area contributed by atoms with Crippen LogP contribution < -0.4 is 5.32 Å². The van der Waals surface area contributed by atoms with Crippen molar-refractivity contribution in [2.24, 2.45) is 0 Å². The van der Waals surface area contributed by atoms with Crippen LogP contribution in [0.1, 0.15) is 51.8 Å². The van der Waals surface area contributed by atoms with Gasteiger partial charge in [-0.2, -0.15) is 0 Å². The molecule has 0 saturated carbocycles. The van der Waals surface area contributed by atoms with Crippen LogP contribution in [0.3, 0.4) is 0 Å². The fraction of sp³-hybridized carbons (Fsp3) is 0.533. The predicted octanol–water partition coefficient (Wildman–Crippen LogP) is 2.68. The third-order valence-electron chi connectivity index (χ3n) is 3.68. The van der Waals surface area contributed by atoms with E-state index in [1.807, 2.05) is 6.92 Å². The minimum atomic E-state index is -0.114. The van der Waals surface area contributed by atoms with Gasteiger partial charge in [0.05, 0.1) is 5.01 Å². The summed E-state index contributed by atoms with van der Waals surface area (Å²) in [4.78, 5) is 16.6. The Hall–Kier alpha value is -1.69. The first-order valence-electron chi connectivity index (χ1n) is 7.40. The number of hydrogen-bond donors (Lipinski definition) is 1. The van der Waals surface area contributed by atoms with Gasteiger partial charge in [-0.05, 0) is 32.6 Å². The molecule has 3 rings (SSSR count). The van der Waals surface area contributed by atoms with Crippen molar-refractivity contribution < 1.29 is 9.32 Å². The molecule has 1 N–H and O–H groups in total. The molecule has 1 amide bonds. The number of fused-ring (bicyclic) bond motifs is 1. The molecule has 0 unspecified atom stereocenters. The summed E-state index contributed by atoms with van der Waals surface area (Å²) >= 11 is 1.67.